The van der Waals surface area contributed by atoms with E-state index in [0.717, 1.165) is 6.42 Å². The molecule has 1 amide bonds. The highest BCUT2D eigenvalue weighted by Gasteiger charge is 2.17. The van der Waals surface area contributed by atoms with Crippen LogP contribution in [0.5, 0.6) is 0 Å². The standard InChI is InChI=1S/C17H19ClN2O3S/c1-3-12(2)19-17(21)13-6-4-9-16(10-13)24(22,23)20-15-8-5-7-14(18)11-15/h4-12,20H,3H2,1-2H3,(H,19,21). The van der Waals surface area contributed by atoms with Gasteiger partial charge < -0.3 is 5.32 Å². The number of rotatable bonds is 6. The number of hydrogen-bond acceptors (Lipinski definition) is 3. The zero-order chi connectivity index (χ0) is 17.7. The first-order chi connectivity index (χ1) is 11.3. The fraction of sp³-hybridized carbons (Fsp3) is 0.235. The topological polar surface area (TPSA) is 75.3 Å². The molecule has 2 aromatic rings. The Hall–Kier alpha value is -2.05. The molecule has 128 valence electrons. The van der Waals surface area contributed by atoms with Crippen molar-refractivity contribution in [3.05, 3.63) is 59.1 Å². The molecule has 0 saturated carbocycles. The van der Waals surface area contributed by atoms with Crippen LogP contribution in [-0.2, 0) is 10.0 Å². The Kier molecular flexibility index (Phi) is 5.85. The molecule has 2 aromatic carbocycles. The molecule has 0 aliphatic carbocycles. The molecule has 2 N–H and O–H groups in total. The van der Waals surface area contributed by atoms with Crippen molar-refractivity contribution < 1.29 is 13.2 Å². The van der Waals surface area contributed by atoms with Gasteiger partial charge in [0.15, 0.2) is 0 Å². The Morgan fingerprint density at radius 3 is 2.54 bits per heavy atom. The van der Waals surface area contributed by atoms with Gasteiger partial charge in [-0.3, -0.25) is 9.52 Å². The van der Waals surface area contributed by atoms with E-state index < -0.39 is 10.0 Å². The Morgan fingerprint density at radius 2 is 1.88 bits per heavy atom. The Bertz CT molecular complexity index is 837. The normalized spacial score (nSPS) is 12.5. The van der Waals surface area contributed by atoms with Crippen molar-refractivity contribution >= 4 is 33.2 Å². The maximum Gasteiger partial charge on any atom is 0.261 e. The third-order valence-electron chi connectivity index (χ3n) is 3.47. The minimum atomic E-state index is -3.81. The molecule has 1 atom stereocenters. The van der Waals surface area contributed by atoms with Crippen LogP contribution in [0.2, 0.25) is 5.02 Å². The SMILES string of the molecule is CCC(C)NC(=O)c1cccc(S(=O)(=O)Nc2cccc(Cl)c2)c1. The lowest BCUT2D eigenvalue weighted by molar-refractivity contribution is 0.0939. The summed E-state index contributed by atoms with van der Waals surface area (Å²) in [5, 5.41) is 3.24. The number of carbonyl (C=O) groups excluding carboxylic acids is 1. The average molecular weight is 367 g/mol. The summed E-state index contributed by atoms with van der Waals surface area (Å²) in [4.78, 5) is 12.2. The summed E-state index contributed by atoms with van der Waals surface area (Å²) in [6.45, 7) is 3.85. The van der Waals surface area contributed by atoms with Crippen molar-refractivity contribution in [1.82, 2.24) is 5.32 Å². The summed E-state index contributed by atoms with van der Waals surface area (Å²) in [6.07, 6.45) is 0.792. The van der Waals surface area contributed by atoms with E-state index >= 15 is 0 Å². The van der Waals surface area contributed by atoms with Crippen LogP contribution in [0.25, 0.3) is 0 Å². The lowest BCUT2D eigenvalue weighted by Gasteiger charge is -2.12. The number of hydrogen-bond donors (Lipinski definition) is 2. The molecule has 0 aromatic heterocycles. The Balaban J connectivity index is 2.25. The number of sulfonamides is 1. The van der Waals surface area contributed by atoms with Crippen LogP contribution in [0.1, 0.15) is 30.6 Å². The summed E-state index contributed by atoms with van der Waals surface area (Å²) >= 11 is 5.86. The summed E-state index contributed by atoms with van der Waals surface area (Å²) in [5.41, 5.74) is 0.654. The summed E-state index contributed by atoms with van der Waals surface area (Å²) in [7, 11) is -3.81. The maximum atomic E-state index is 12.5. The van der Waals surface area contributed by atoms with Gasteiger partial charge in [0.1, 0.15) is 0 Å². The largest absolute Gasteiger partial charge is 0.350 e. The third kappa shape index (κ3) is 4.72. The molecule has 0 heterocycles. The first-order valence-electron chi connectivity index (χ1n) is 7.51. The summed E-state index contributed by atoms with van der Waals surface area (Å²) in [5.74, 6) is -0.302. The molecule has 0 aliphatic heterocycles. The van der Waals surface area contributed by atoms with E-state index in [1.807, 2.05) is 13.8 Å². The van der Waals surface area contributed by atoms with Gasteiger partial charge in [0.2, 0.25) is 0 Å². The van der Waals surface area contributed by atoms with Crippen LogP contribution in [0.15, 0.2) is 53.4 Å². The number of halogens is 1. The highest BCUT2D eigenvalue weighted by molar-refractivity contribution is 7.92. The van der Waals surface area contributed by atoms with Gasteiger partial charge in [0.25, 0.3) is 15.9 Å². The monoisotopic (exact) mass is 366 g/mol. The predicted octanol–water partition coefficient (Wildman–Crippen LogP) is 3.67. The molecular weight excluding hydrogens is 348 g/mol. The molecule has 0 fully saturated rings. The van der Waals surface area contributed by atoms with Crippen molar-refractivity contribution in [1.29, 1.82) is 0 Å². The average Bonchev–Trinajstić information content (AvgIpc) is 2.54. The van der Waals surface area contributed by atoms with Gasteiger partial charge in [-0.1, -0.05) is 30.7 Å². The summed E-state index contributed by atoms with van der Waals surface area (Å²) in [6, 6.07) is 12.3. The smallest absolute Gasteiger partial charge is 0.261 e. The fourth-order valence-corrected chi connectivity index (χ4v) is 3.26. The zero-order valence-electron chi connectivity index (χ0n) is 13.4. The predicted molar refractivity (Wildman–Crippen MR) is 95.9 cm³/mol. The lowest BCUT2D eigenvalue weighted by atomic mass is 10.2. The molecule has 5 nitrogen and oxygen atoms in total. The second kappa shape index (κ2) is 7.68. The van der Waals surface area contributed by atoms with E-state index in [4.69, 9.17) is 11.6 Å². The molecule has 24 heavy (non-hydrogen) atoms. The molecule has 2 rings (SSSR count). The van der Waals surface area contributed by atoms with Crippen molar-refractivity contribution in [3.63, 3.8) is 0 Å². The molecule has 0 spiro atoms. The first-order valence-corrected chi connectivity index (χ1v) is 9.37. The molecule has 0 aliphatic rings. The summed E-state index contributed by atoms with van der Waals surface area (Å²) < 4.78 is 27.4. The quantitative estimate of drug-likeness (QED) is 0.819. The molecule has 0 saturated heterocycles. The van der Waals surface area contributed by atoms with Crippen molar-refractivity contribution in [3.8, 4) is 0 Å². The van der Waals surface area contributed by atoms with E-state index in [-0.39, 0.29) is 16.8 Å². The Morgan fingerprint density at radius 1 is 1.17 bits per heavy atom. The van der Waals surface area contributed by atoms with Crippen LogP contribution in [0.4, 0.5) is 5.69 Å². The lowest BCUT2D eigenvalue weighted by Crippen LogP contribution is -2.32. The van der Waals surface area contributed by atoms with Crippen LogP contribution in [0.3, 0.4) is 0 Å². The number of nitrogens with one attached hydrogen (secondary N) is 2. The van der Waals surface area contributed by atoms with Crippen molar-refractivity contribution in [2.75, 3.05) is 4.72 Å². The number of amides is 1. The molecule has 0 radical (unpaired) electrons. The third-order valence-corrected chi connectivity index (χ3v) is 5.09. The van der Waals surface area contributed by atoms with Crippen LogP contribution in [0, 0.1) is 0 Å². The van der Waals surface area contributed by atoms with Crippen LogP contribution in [-0.4, -0.2) is 20.4 Å². The highest BCUT2D eigenvalue weighted by atomic mass is 35.5. The van der Waals surface area contributed by atoms with Gasteiger partial charge in [-0.25, -0.2) is 8.42 Å². The van der Waals surface area contributed by atoms with Gasteiger partial charge >= 0.3 is 0 Å². The van der Waals surface area contributed by atoms with Crippen molar-refractivity contribution in [2.24, 2.45) is 0 Å². The minimum Gasteiger partial charge on any atom is -0.350 e. The van der Waals surface area contributed by atoms with E-state index in [1.165, 1.54) is 24.3 Å². The van der Waals surface area contributed by atoms with Crippen LogP contribution < -0.4 is 10.0 Å². The van der Waals surface area contributed by atoms with E-state index in [2.05, 4.69) is 10.0 Å². The zero-order valence-corrected chi connectivity index (χ0v) is 15.0. The molecular formula is C17H19ClN2O3S. The van der Waals surface area contributed by atoms with Gasteiger partial charge in [-0.05, 0) is 49.7 Å². The Labute approximate surface area is 147 Å². The fourth-order valence-electron chi connectivity index (χ4n) is 1.98. The first kappa shape index (κ1) is 18.3. The molecule has 7 heteroatoms. The van der Waals surface area contributed by atoms with E-state index in [9.17, 15) is 13.2 Å². The van der Waals surface area contributed by atoms with E-state index in [0.29, 0.717) is 16.3 Å². The molecule has 0 bridgehead atoms. The van der Waals surface area contributed by atoms with E-state index in [1.54, 1.807) is 24.3 Å². The highest BCUT2D eigenvalue weighted by Crippen LogP contribution is 2.20. The number of carbonyl (C=O) groups is 1. The minimum absolute atomic E-state index is 0.0132. The van der Waals surface area contributed by atoms with Gasteiger partial charge in [0.05, 0.1) is 10.6 Å². The second-order valence-corrected chi connectivity index (χ2v) is 7.55. The number of anilines is 1. The number of benzene rings is 2. The second-order valence-electron chi connectivity index (χ2n) is 5.43. The van der Waals surface area contributed by atoms with Crippen LogP contribution >= 0.6 is 11.6 Å². The molecule has 1 unspecified atom stereocenters. The van der Waals surface area contributed by atoms with Gasteiger partial charge in [-0.2, -0.15) is 0 Å². The maximum absolute atomic E-state index is 12.5. The van der Waals surface area contributed by atoms with Gasteiger partial charge in [0, 0.05) is 16.6 Å². The van der Waals surface area contributed by atoms with Gasteiger partial charge in [-0.15, -0.1) is 0 Å². The van der Waals surface area contributed by atoms with Crippen molar-refractivity contribution in [2.45, 2.75) is 31.2 Å².